The Morgan fingerprint density at radius 2 is 1.73 bits per heavy atom. The zero-order valence-corrected chi connectivity index (χ0v) is 17.9. The van der Waals surface area contributed by atoms with Crippen LogP contribution in [0.1, 0.15) is 5.56 Å². The standard InChI is InChI=1S/C18H12Br2Cl2N2O2/c19-12-8-11(9-13(20)18(12)25)15-4-5-16(24-23-15)26-7-6-10-2-1-3-14(21)17(10)22/h1-5,8-9,25H,6-7H2. The molecule has 0 bridgehead atoms. The maximum absolute atomic E-state index is 9.78. The van der Waals surface area contributed by atoms with Crippen LogP contribution in [-0.2, 0) is 6.42 Å². The highest BCUT2D eigenvalue weighted by atomic mass is 79.9. The Labute approximate surface area is 177 Å². The number of hydrogen-bond acceptors (Lipinski definition) is 4. The van der Waals surface area contributed by atoms with Crippen LogP contribution in [0.5, 0.6) is 11.6 Å². The van der Waals surface area contributed by atoms with E-state index in [1.807, 2.05) is 12.1 Å². The van der Waals surface area contributed by atoms with E-state index < -0.39 is 0 Å². The van der Waals surface area contributed by atoms with Gasteiger partial charge in [0.15, 0.2) is 0 Å². The van der Waals surface area contributed by atoms with Crippen LogP contribution in [-0.4, -0.2) is 21.9 Å². The third-order valence-electron chi connectivity index (χ3n) is 3.61. The van der Waals surface area contributed by atoms with Gasteiger partial charge in [0.05, 0.1) is 31.3 Å². The van der Waals surface area contributed by atoms with Crippen LogP contribution in [0.4, 0.5) is 0 Å². The second kappa shape index (κ2) is 8.57. The topological polar surface area (TPSA) is 55.2 Å². The van der Waals surface area contributed by atoms with Crippen LogP contribution >= 0.6 is 55.1 Å². The number of benzene rings is 2. The van der Waals surface area contributed by atoms with Gasteiger partial charge in [-0.25, -0.2) is 0 Å². The quantitative estimate of drug-likeness (QED) is 0.430. The van der Waals surface area contributed by atoms with E-state index in [0.29, 0.717) is 43.6 Å². The van der Waals surface area contributed by atoms with Crippen molar-refractivity contribution in [2.24, 2.45) is 0 Å². The summed E-state index contributed by atoms with van der Waals surface area (Å²) in [5.41, 5.74) is 2.39. The number of ether oxygens (including phenoxy) is 1. The third-order valence-corrected chi connectivity index (χ3v) is 5.67. The van der Waals surface area contributed by atoms with Crippen molar-refractivity contribution in [3.05, 3.63) is 67.0 Å². The molecule has 3 rings (SSSR count). The van der Waals surface area contributed by atoms with Crippen molar-refractivity contribution in [3.8, 4) is 22.9 Å². The number of aromatic nitrogens is 2. The van der Waals surface area contributed by atoms with Crippen LogP contribution < -0.4 is 4.74 Å². The molecule has 0 fully saturated rings. The van der Waals surface area contributed by atoms with Crippen molar-refractivity contribution >= 4 is 55.1 Å². The number of hydrogen-bond donors (Lipinski definition) is 1. The first-order chi connectivity index (χ1) is 12.5. The fraction of sp³-hybridized carbons (Fsp3) is 0.111. The molecule has 1 N–H and O–H groups in total. The van der Waals surface area contributed by atoms with Gasteiger partial charge in [-0.05, 0) is 61.7 Å². The zero-order valence-electron chi connectivity index (χ0n) is 13.2. The number of rotatable bonds is 5. The lowest BCUT2D eigenvalue weighted by atomic mass is 10.1. The molecule has 26 heavy (non-hydrogen) atoms. The molecule has 1 aromatic heterocycles. The lowest BCUT2D eigenvalue weighted by Gasteiger charge is -2.08. The summed E-state index contributed by atoms with van der Waals surface area (Å²) in [5.74, 6) is 0.560. The molecule has 8 heteroatoms. The summed E-state index contributed by atoms with van der Waals surface area (Å²) in [7, 11) is 0. The summed E-state index contributed by atoms with van der Waals surface area (Å²) in [6, 6.07) is 12.6. The molecule has 0 aliphatic heterocycles. The molecule has 0 amide bonds. The van der Waals surface area contributed by atoms with E-state index >= 15 is 0 Å². The number of phenols is 1. The Morgan fingerprint density at radius 1 is 1.00 bits per heavy atom. The van der Waals surface area contributed by atoms with E-state index in [0.717, 1.165) is 11.1 Å². The SMILES string of the molecule is Oc1c(Br)cc(-c2ccc(OCCc3cccc(Cl)c3Cl)nn2)cc1Br. The number of aromatic hydroxyl groups is 1. The number of phenolic OH excluding ortho intramolecular Hbond substituents is 1. The summed E-state index contributed by atoms with van der Waals surface area (Å²) in [6.45, 7) is 0.407. The van der Waals surface area contributed by atoms with Crippen LogP contribution in [0.2, 0.25) is 10.0 Å². The molecule has 0 atom stereocenters. The van der Waals surface area contributed by atoms with E-state index in [9.17, 15) is 5.11 Å². The molecule has 0 aliphatic carbocycles. The molecule has 4 nitrogen and oxygen atoms in total. The zero-order chi connectivity index (χ0) is 18.7. The Morgan fingerprint density at radius 3 is 2.38 bits per heavy atom. The summed E-state index contributed by atoms with van der Waals surface area (Å²) in [6.07, 6.45) is 0.612. The summed E-state index contributed by atoms with van der Waals surface area (Å²) in [4.78, 5) is 0. The summed E-state index contributed by atoms with van der Waals surface area (Å²) < 4.78 is 6.77. The van der Waals surface area contributed by atoms with Crippen molar-refractivity contribution in [1.82, 2.24) is 10.2 Å². The van der Waals surface area contributed by atoms with E-state index in [1.165, 1.54) is 0 Å². The lowest BCUT2D eigenvalue weighted by Crippen LogP contribution is -2.04. The minimum atomic E-state index is 0.140. The second-order valence-corrected chi connectivity index (χ2v) is 7.85. The van der Waals surface area contributed by atoms with Gasteiger partial charge in [-0.15, -0.1) is 10.2 Å². The van der Waals surface area contributed by atoms with E-state index in [1.54, 1.807) is 30.3 Å². The first-order valence-corrected chi connectivity index (χ1v) is 9.87. The predicted molar refractivity (Wildman–Crippen MR) is 110 cm³/mol. The Kier molecular flexibility index (Phi) is 6.40. The van der Waals surface area contributed by atoms with Crippen molar-refractivity contribution < 1.29 is 9.84 Å². The molecule has 2 aromatic carbocycles. The van der Waals surface area contributed by atoms with Gasteiger partial charge >= 0.3 is 0 Å². The highest BCUT2D eigenvalue weighted by Gasteiger charge is 2.10. The van der Waals surface area contributed by atoms with Crippen LogP contribution in [0, 0.1) is 0 Å². The van der Waals surface area contributed by atoms with Gasteiger partial charge < -0.3 is 9.84 Å². The first-order valence-electron chi connectivity index (χ1n) is 7.53. The van der Waals surface area contributed by atoms with Crippen LogP contribution in [0.3, 0.4) is 0 Å². The Hall–Kier alpha value is -1.34. The molecule has 134 valence electrons. The summed E-state index contributed by atoms with van der Waals surface area (Å²) in [5, 5.41) is 19.1. The fourth-order valence-electron chi connectivity index (χ4n) is 2.27. The van der Waals surface area contributed by atoms with Gasteiger partial charge in [0.1, 0.15) is 5.75 Å². The second-order valence-electron chi connectivity index (χ2n) is 5.36. The van der Waals surface area contributed by atoms with Gasteiger partial charge in [0, 0.05) is 18.1 Å². The molecule has 0 aliphatic rings. The number of nitrogens with zero attached hydrogens (tertiary/aromatic N) is 2. The van der Waals surface area contributed by atoms with Crippen molar-refractivity contribution in [2.45, 2.75) is 6.42 Å². The minimum Gasteiger partial charge on any atom is -0.506 e. The van der Waals surface area contributed by atoms with Crippen molar-refractivity contribution in [2.75, 3.05) is 6.61 Å². The van der Waals surface area contributed by atoms with Gasteiger partial charge in [-0.3, -0.25) is 0 Å². The molecule has 0 radical (unpaired) electrons. The van der Waals surface area contributed by atoms with E-state index in [4.69, 9.17) is 27.9 Å². The van der Waals surface area contributed by atoms with Gasteiger partial charge in [0.25, 0.3) is 0 Å². The largest absolute Gasteiger partial charge is 0.506 e. The monoisotopic (exact) mass is 516 g/mol. The maximum Gasteiger partial charge on any atom is 0.233 e. The summed E-state index contributed by atoms with van der Waals surface area (Å²) >= 11 is 18.8. The number of halogens is 4. The smallest absolute Gasteiger partial charge is 0.233 e. The molecule has 1 heterocycles. The first kappa shape index (κ1) is 19.4. The maximum atomic E-state index is 9.78. The van der Waals surface area contributed by atoms with E-state index in [-0.39, 0.29) is 5.75 Å². The molecule has 0 saturated carbocycles. The molecule has 0 unspecified atom stereocenters. The molecule has 3 aromatic rings. The molecule has 0 spiro atoms. The van der Waals surface area contributed by atoms with Gasteiger partial charge in [-0.1, -0.05) is 35.3 Å². The van der Waals surface area contributed by atoms with Crippen LogP contribution in [0.15, 0.2) is 51.4 Å². The van der Waals surface area contributed by atoms with Crippen molar-refractivity contribution in [1.29, 1.82) is 0 Å². The van der Waals surface area contributed by atoms with Crippen LogP contribution in [0.25, 0.3) is 11.3 Å². The third kappa shape index (κ3) is 4.49. The molecular weight excluding hydrogens is 507 g/mol. The lowest BCUT2D eigenvalue weighted by molar-refractivity contribution is 0.306. The predicted octanol–water partition coefficient (Wildman–Crippen LogP) is 6.30. The van der Waals surface area contributed by atoms with Crippen molar-refractivity contribution in [3.63, 3.8) is 0 Å². The van der Waals surface area contributed by atoms with E-state index in [2.05, 4.69) is 42.1 Å². The molecular formula is C18H12Br2Cl2N2O2. The Balaban J connectivity index is 1.66. The van der Waals surface area contributed by atoms with Gasteiger partial charge in [-0.2, -0.15) is 0 Å². The average molecular weight is 519 g/mol. The highest BCUT2D eigenvalue weighted by molar-refractivity contribution is 9.11. The average Bonchev–Trinajstić information content (AvgIpc) is 2.63. The highest BCUT2D eigenvalue weighted by Crippen LogP contribution is 2.36. The molecule has 0 saturated heterocycles. The Bertz CT molecular complexity index is 914. The normalized spacial score (nSPS) is 10.8. The minimum absolute atomic E-state index is 0.140. The fourth-order valence-corrected chi connectivity index (χ4v) is 3.87. The van der Waals surface area contributed by atoms with Gasteiger partial charge in [0.2, 0.25) is 5.88 Å².